The normalized spacial score (nSPS) is 13.7. The van der Waals surface area contributed by atoms with E-state index < -0.39 is 11.8 Å². The fourth-order valence-corrected chi connectivity index (χ4v) is 3.48. The predicted molar refractivity (Wildman–Crippen MR) is 121 cm³/mol. The van der Waals surface area contributed by atoms with Crippen molar-refractivity contribution in [1.29, 1.82) is 0 Å². The number of carbonyl (C=O) groups is 2. The van der Waals surface area contributed by atoms with Gasteiger partial charge in [-0.3, -0.25) is 9.59 Å². The fourth-order valence-electron chi connectivity index (χ4n) is 3.23. The summed E-state index contributed by atoms with van der Waals surface area (Å²) in [5.74, 6) is -1.04. The predicted octanol–water partition coefficient (Wildman–Crippen LogP) is 5.09. The molecule has 0 radical (unpaired) electrons. The van der Waals surface area contributed by atoms with Gasteiger partial charge in [0.25, 0.3) is 11.8 Å². The van der Waals surface area contributed by atoms with Gasteiger partial charge in [0, 0.05) is 15.6 Å². The quantitative estimate of drug-likeness (QED) is 0.440. The molecule has 0 aromatic heterocycles. The number of carbonyl (C=O) groups excluding carboxylic acids is 2. The van der Waals surface area contributed by atoms with Gasteiger partial charge in [-0.25, -0.2) is 10.0 Å². The molecule has 1 heterocycles. The van der Waals surface area contributed by atoms with Crippen molar-refractivity contribution in [3.05, 3.63) is 87.9 Å². The molecule has 4 rings (SSSR count). The maximum atomic E-state index is 13.3. The molecule has 1 N–H and O–H groups in total. The highest BCUT2D eigenvalue weighted by molar-refractivity contribution is 6.38. The number of rotatable bonds is 4. The van der Waals surface area contributed by atoms with E-state index in [0.717, 1.165) is 0 Å². The molecule has 0 spiro atoms. The van der Waals surface area contributed by atoms with Crippen molar-refractivity contribution in [2.24, 2.45) is 0 Å². The largest absolute Gasteiger partial charge is 0.504 e. The van der Waals surface area contributed by atoms with Gasteiger partial charge in [-0.2, -0.15) is 0 Å². The number of hydrogen-bond acceptors (Lipinski definition) is 4. The molecule has 31 heavy (non-hydrogen) atoms. The number of aromatic hydroxyl groups is 1. The summed E-state index contributed by atoms with van der Waals surface area (Å²) in [6.45, 7) is 0. The molecule has 156 valence electrons. The summed E-state index contributed by atoms with van der Waals surface area (Å²) in [7, 11) is 1.42. The Morgan fingerprint density at radius 2 is 1.29 bits per heavy atom. The van der Waals surface area contributed by atoms with Gasteiger partial charge in [-0.1, -0.05) is 35.3 Å². The Kier molecular flexibility index (Phi) is 5.59. The molecule has 0 unspecified atom stereocenters. The SMILES string of the molecule is COc1cccc(C=C2C(=O)N(c3ccc(Cl)cc3)N(c3ccc(Cl)cc3)C2=O)c1O. The number of nitrogens with zero attached hydrogens (tertiary/aromatic N) is 2. The Bertz CT molecular complexity index is 1130. The van der Waals surface area contributed by atoms with Crippen molar-refractivity contribution in [1.82, 2.24) is 0 Å². The molecule has 0 aliphatic carbocycles. The summed E-state index contributed by atoms with van der Waals surface area (Å²) >= 11 is 12.0. The molecule has 1 fully saturated rings. The van der Waals surface area contributed by atoms with Gasteiger partial charge in [0.2, 0.25) is 0 Å². The van der Waals surface area contributed by atoms with Crippen LogP contribution in [0.5, 0.6) is 11.5 Å². The number of ether oxygens (including phenoxy) is 1. The first-order valence-corrected chi connectivity index (χ1v) is 9.94. The van der Waals surface area contributed by atoms with E-state index in [9.17, 15) is 14.7 Å². The number of hydrazine groups is 1. The van der Waals surface area contributed by atoms with Crippen molar-refractivity contribution in [2.75, 3.05) is 17.1 Å². The number of methoxy groups -OCH3 is 1. The Hall–Kier alpha value is -3.48. The lowest BCUT2D eigenvalue weighted by molar-refractivity contribution is -0.116. The number of phenolic OH excluding ortho intramolecular Hbond substituents is 1. The van der Waals surface area contributed by atoms with Crippen LogP contribution in [0.4, 0.5) is 11.4 Å². The van der Waals surface area contributed by atoms with E-state index in [0.29, 0.717) is 21.4 Å². The van der Waals surface area contributed by atoms with Gasteiger partial charge >= 0.3 is 0 Å². The average molecular weight is 455 g/mol. The second kappa shape index (κ2) is 8.34. The van der Waals surface area contributed by atoms with Crippen molar-refractivity contribution in [3.8, 4) is 11.5 Å². The van der Waals surface area contributed by atoms with Gasteiger partial charge < -0.3 is 9.84 Å². The van der Waals surface area contributed by atoms with Gasteiger partial charge in [-0.15, -0.1) is 0 Å². The maximum absolute atomic E-state index is 13.3. The van der Waals surface area contributed by atoms with E-state index in [1.165, 1.54) is 23.2 Å². The van der Waals surface area contributed by atoms with Crippen LogP contribution >= 0.6 is 23.2 Å². The molecule has 1 saturated heterocycles. The highest BCUT2D eigenvalue weighted by Gasteiger charge is 2.43. The first-order valence-electron chi connectivity index (χ1n) is 9.18. The Labute approximate surface area is 188 Å². The van der Waals surface area contributed by atoms with E-state index in [2.05, 4.69) is 0 Å². The smallest absolute Gasteiger partial charge is 0.283 e. The summed E-state index contributed by atoms with van der Waals surface area (Å²) < 4.78 is 5.11. The van der Waals surface area contributed by atoms with Crippen LogP contribution in [-0.2, 0) is 9.59 Å². The number of para-hydroxylation sites is 1. The molecule has 3 aromatic rings. The number of phenols is 1. The maximum Gasteiger partial charge on any atom is 0.283 e. The fraction of sp³-hybridized carbons (Fsp3) is 0.0435. The summed E-state index contributed by atoms with van der Waals surface area (Å²) in [4.78, 5) is 26.7. The van der Waals surface area contributed by atoms with E-state index >= 15 is 0 Å². The van der Waals surface area contributed by atoms with Gasteiger partial charge in [0.1, 0.15) is 5.57 Å². The summed E-state index contributed by atoms with van der Waals surface area (Å²) in [5, 5.41) is 13.9. The molecule has 0 bridgehead atoms. The molecular weight excluding hydrogens is 439 g/mol. The third-order valence-electron chi connectivity index (χ3n) is 4.74. The van der Waals surface area contributed by atoms with E-state index in [1.54, 1.807) is 66.7 Å². The monoisotopic (exact) mass is 454 g/mol. The van der Waals surface area contributed by atoms with E-state index in [-0.39, 0.29) is 22.6 Å². The van der Waals surface area contributed by atoms with Crippen LogP contribution in [0.15, 0.2) is 72.3 Å². The summed E-state index contributed by atoms with van der Waals surface area (Å²) in [6.07, 6.45) is 1.35. The number of benzene rings is 3. The minimum Gasteiger partial charge on any atom is -0.504 e. The van der Waals surface area contributed by atoms with Gasteiger partial charge in [0.05, 0.1) is 18.5 Å². The number of anilines is 2. The molecule has 6 nitrogen and oxygen atoms in total. The first-order chi connectivity index (χ1) is 14.9. The molecule has 0 atom stereocenters. The van der Waals surface area contributed by atoms with E-state index in [4.69, 9.17) is 27.9 Å². The van der Waals surface area contributed by atoms with Crippen LogP contribution in [0.2, 0.25) is 10.0 Å². The van der Waals surface area contributed by atoms with Crippen LogP contribution < -0.4 is 14.8 Å². The van der Waals surface area contributed by atoms with Crippen LogP contribution in [-0.4, -0.2) is 24.0 Å². The molecule has 0 saturated carbocycles. The third-order valence-corrected chi connectivity index (χ3v) is 5.24. The van der Waals surface area contributed by atoms with Crippen molar-refractivity contribution in [2.45, 2.75) is 0 Å². The Morgan fingerprint density at radius 1 is 0.806 bits per heavy atom. The Balaban J connectivity index is 1.85. The second-order valence-corrected chi connectivity index (χ2v) is 7.52. The lowest BCUT2D eigenvalue weighted by Crippen LogP contribution is -2.41. The minimum atomic E-state index is -0.551. The van der Waals surface area contributed by atoms with Gasteiger partial charge in [-0.05, 0) is 60.7 Å². The van der Waals surface area contributed by atoms with Crippen molar-refractivity contribution < 1.29 is 19.4 Å². The van der Waals surface area contributed by atoms with Crippen molar-refractivity contribution >= 4 is 52.5 Å². The third kappa shape index (κ3) is 3.83. The van der Waals surface area contributed by atoms with Crippen LogP contribution in [0.1, 0.15) is 5.56 Å². The molecule has 2 amide bonds. The summed E-state index contributed by atoms with van der Waals surface area (Å²) in [6, 6.07) is 17.9. The number of amides is 2. The lowest BCUT2D eigenvalue weighted by Gasteiger charge is -2.27. The van der Waals surface area contributed by atoms with Crippen molar-refractivity contribution in [3.63, 3.8) is 0 Å². The van der Waals surface area contributed by atoms with Crippen LogP contribution in [0.25, 0.3) is 6.08 Å². The zero-order valence-corrected chi connectivity index (χ0v) is 17.8. The first kappa shape index (κ1) is 20.8. The number of halogens is 2. The summed E-state index contributed by atoms with van der Waals surface area (Å²) in [5.41, 5.74) is 1.07. The van der Waals surface area contributed by atoms with Crippen LogP contribution in [0.3, 0.4) is 0 Å². The van der Waals surface area contributed by atoms with E-state index in [1.807, 2.05) is 0 Å². The van der Waals surface area contributed by atoms with Crippen LogP contribution in [0, 0.1) is 0 Å². The second-order valence-electron chi connectivity index (χ2n) is 6.64. The zero-order valence-electron chi connectivity index (χ0n) is 16.3. The molecule has 1 aliphatic heterocycles. The zero-order chi connectivity index (χ0) is 22.1. The molecule has 3 aromatic carbocycles. The average Bonchev–Trinajstić information content (AvgIpc) is 3.01. The lowest BCUT2D eigenvalue weighted by atomic mass is 10.1. The topological polar surface area (TPSA) is 70.1 Å². The molecular formula is C23H16Cl2N2O4. The highest BCUT2D eigenvalue weighted by Crippen LogP contribution is 2.36. The highest BCUT2D eigenvalue weighted by atomic mass is 35.5. The number of hydrogen-bond donors (Lipinski definition) is 1. The minimum absolute atomic E-state index is 0.117. The molecule has 1 aliphatic rings. The Morgan fingerprint density at radius 3 is 1.74 bits per heavy atom. The van der Waals surface area contributed by atoms with Gasteiger partial charge in [0.15, 0.2) is 11.5 Å². The standard InChI is InChI=1S/C23H16Cl2N2O4/c1-31-20-4-2-3-14(21(20)28)13-19-22(29)26(17-9-5-15(24)6-10-17)27(23(19)30)18-11-7-16(25)8-12-18/h2-13,28H,1H3. The molecule has 8 heteroatoms.